The number of allylic oxidation sites excluding steroid dienone is 1. The van der Waals surface area contributed by atoms with Crippen molar-refractivity contribution in [2.75, 3.05) is 13.2 Å². The predicted molar refractivity (Wildman–Crippen MR) is 57.3 cm³/mol. The highest BCUT2D eigenvalue weighted by Crippen LogP contribution is 2.26. The molecule has 3 N–H and O–H groups in total. The SMILES string of the molecule is O.O=C(O)C1C=CCCC1C(=O)OCC1CO1. The third-order valence-corrected chi connectivity index (χ3v) is 2.82. The molecule has 0 radical (unpaired) electrons. The van der Waals surface area contributed by atoms with Crippen molar-refractivity contribution in [1.82, 2.24) is 0 Å². The van der Waals surface area contributed by atoms with E-state index >= 15 is 0 Å². The normalized spacial score (nSPS) is 30.2. The zero-order valence-electron chi connectivity index (χ0n) is 9.30. The summed E-state index contributed by atoms with van der Waals surface area (Å²) in [6.45, 7) is 0.867. The summed E-state index contributed by atoms with van der Waals surface area (Å²) in [7, 11) is 0. The molecule has 0 bridgehead atoms. The van der Waals surface area contributed by atoms with Crippen LogP contribution in [0.15, 0.2) is 12.2 Å². The van der Waals surface area contributed by atoms with Gasteiger partial charge >= 0.3 is 11.9 Å². The molecule has 2 rings (SSSR count). The zero-order chi connectivity index (χ0) is 11.5. The molecule has 0 spiro atoms. The van der Waals surface area contributed by atoms with Gasteiger partial charge in [-0.3, -0.25) is 9.59 Å². The molecule has 0 aromatic carbocycles. The van der Waals surface area contributed by atoms with Gasteiger partial charge in [0.05, 0.1) is 18.4 Å². The number of rotatable bonds is 4. The first kappa shape index (κ1) is 13.7. The molecule has 1 saturated heterocycles. The fourth-order valence-corrected chi connectivity index (χ4v) is 1.80. The van der Waals surface area contributed by atoms with Gasteiger partial charge in [0.25, 0.3) is 0 Å². The van der Waals surface area contributed by atoms with Crippen LogP contribution in [0.2, 0.25) is 0 Å². The number of carboxylic acids is 1. The topological polar surface area (TPSA) is 108 Å². The van der Waals surface area contributed by atoms with Crippen LogP contribution in [0.5, 0.6) is 0 Å². The van der Waals surface area contributed by atoms with Gasteiger partial charge in [-0.2, -0.15) is 0 Å². The van der Waals surface area contributed by atoms with E-state index in [0.29, 0.717) is 13.0 Å². The van der Waals surface area contributed by atoms with E-state index in [-0.39, 0.29) is 18.2 Å². The second-order valence-electron chi connectivity index (χ2n) is 4.06. The van der Waals surface area contributed by atoms with Gasteiger partial charge in [-0.15, -0.1) is 0 Å². The number of aliphatic carboxylic acids is 1. The average molecular weight is 244 g/mol. The zero-order valence-corrected chi connectivity index (χ0v) is 9.30. The Morgan fingerprint density at radius 3 is 2.76 bits per heavy atom. The van der Waals surface area contributed by atoms with Crippen LogP contribution in [0, 0.1) is 11.8 Å². The van der Waals surface area contributed by atoms with Gasteiger partial charge in [-0.1, -0.05) is 12.2 Å². The van der Waals surface area contributed by atoms with Crippen molar-refractivity contribution >= 4 is 11.9 Å². The molecule has 1 heterocycles. The first-order valence-electron chi connectivity index (χ1n) is 5.36. The lowest BCUT2D eigenvalue weighted by atomic mass is 9.84. The third kappa shape index (κ3) is 3.54. The monoisotopic (exact) mass is 244 g/mol. The lowest BCUT2D eigenvalue weighted by Crippen LogP contribution is -2.32. The van der Waals surface area contributed by atoms with Crippen LogP contribution in [0.3, 0.4) is 0 Å². The molecular formula is C11H16O6. The molecule has 1 aliphatic carbocycles. The van der Waals surface area contributed by atoms with Crippen LogP contribution < -0.4 is 0 Å². The van der Waals surface area contributed by atoms with Crippen molar-refractivity contribution < 1.29 is 29.6 Å². The van der Waals surface area contributed by atoms with Crippen molar-refractivity contribution in [2.24, 2.45) is 11.8 Å². The summed E-state index contributed by atoms with van der Waals surface area (Å²) >= 11 is 0. The maximum Gasteiger partial charge on any atom is 0.311 e. The Morgan fingerprint density at radius 2 is 2.18 bits per heavy atom. The van der Waals surface area contributed by atoms with Gasteiger partial charge in [0.15, 0.2) is 0 Å². The molecule has 17 heavy (non-hydrogen) atoms. The largest absolute Gasteiger partial charge is 0.481 e. The minimum absolute atomic E-state index is 0. The average Bonchev–Trinajstić information content (AvgIpc) is 3.09. The second kappa shape index (κ2) is 5.79. The van der Waals surface area contributed by atoms with Gasteiger partial charge in [0.2, 0.25) is 0 Å². The summed E-state index contributed by atoms with van der Waals surface area (Å²) in [5.41, 5.74) is 0. The fourth-order valence-electron chi connectivity index (χ4n) is 1.80. The Kier molecular flexibility index (Phi) is 4.65. The van der Waals surface area contributed by atoms with Gasteiger partial charge < -0.3 is 20.1 Å². The van der Waals surface area contributed by atoms with Crippen LogP contribution in [-0.4, -0.2) is 41.8 Å². The smallest absolute Gasteiger partial charge is 0.311 e. The van der Waals surface area contributed by atoms with Gasteiger partial charge in [0, 0.05) is 0 Å². The minimum Gasteiger partial charge on any atom is -0.481 e. The van der Waals surface area contributed by atoms with Crippen molar-refractivity contribution in [3.8, 4) is 0 Å². The van der Waals surface area contributed by atoms with E-state index in [1.165, 1.54) is 0 Å². The summed E-state index contributed by atoms with van der Waals surface area (Å²) in [5, 5.41) is 8.96. The number of hydrogen-bond donors (Lipinski definition) is 1. The number of carbonyl (C=O) groups excluding carboxylic acids is 1. The lowest BCUT2D eigenvalue weighted by molar-refractivity contribution is -0.157. The Morgan fingerprint density at radius 1 is 1.47 bits per heavy atom. The van der Waals surface area contributed by atoms with Crippen molar-refractivity contribution in [3.63, 3.8) is 0 Å². The number of epoxide rings is 1. The van der Waals surface area contributed by atoms with Crippen LogP contribution in [-0.2, 0) is 19.1 Å². The van der Waals surface area contributed by atoms with Gasteiger partial charge in [-0.05, 0) is 12.8 Å². The molecule has 0 saturated carbocycles. The molecule has 6 nitrogen and oxygen atoms in total. The Balaban J connectivity index is 0.00000144. The highest BCUT2D eigenvalue weighted by atomic mass is 16.6. The standard InChI is InChI=1S/C11H14O5.H2O/c12-10(13)8-3-1-2-4-9(8)11(14)16-6-7-5-15-7;/h1,3,7-9H,2,4-6H2,(H,12,13);1H2. The van der Waals surface area contributed by atoms with Crippen LogP contribution in [0.1, 0.15) is 12.8 Å². The van der Waals surface area contributed by atoms with Crippen LogP contribution >= 0.6 is 0 Å². The molecule has 1 fully saturated rings. The summed E-state index contributed by atoms with van der Waals surface area (Å²) < 4.78 is 9.94. The number of carbonyl (C=O) groups is 2. The van der Waals surface area contributed by atoms with E-state index in [4.69, 9.17) is 14.6 Å². The van der Waals surface area contributed by atoms with E-state index in [1.54, 1.807) is 12.2 Å². The lowest BCUT2D eigenvalue weighted by Gasteiger charge is -2.22. The van der Waals surface area contributed by atoms with Crippen LogP contribution in [0.25, 0.3) is 0 Å². The fraction of sp³-hybridized carbons (Fsp3) is 0.636. The van der Waals surface area contributed by atoms with Crippen LogP contribution in [0.4, 0.5) is 0 Å². The van der Waals surface area contributed by atoms with E-state index in [9.17, 15) is 9.59 Å². The summed E-state index contributed by atoms with van der Waals surface area (Å²) in [6.07, 6.45) is 4.66. The Hall–Kier alpha value is -1.40. The summed E-state index contributed by atoms with van der Waals surface area (Å²) in [6, 6.07) is 0. The molecule has 0 aromatic rings. The molecule has 6 heteroatoms. The first-order valence-corrected chi connectivity index (χ1v) is 5.36. The minimum atomic E-state index is -0.972. The van der Waals surface area contributed by atoms with E-state index < -0.39 is 23.8 Å². The molecule has 1 aliphatic heterocycles. The first-order chi connectivity index (χ1) is 7.68. The molecule has 96 valence electrons. The highest BCUT2D eigenvalue weighted by molar-refractivity contribution is 5.82. The number of esters is 1. The number of carboxylic acid groups (broad SMARTS) is 1. The summed E-state index contributed by atoms with van der Waals surface area (Å²) in [5.74, 6) is -2.70. The molecule has 3 unspecified atom stereocenters. The van der Waals surface area contributed by atoms with E-state index in [2.05, 4.69) is 0 Å². The highest BCUT2D eigenvalue weighted by Gasteiger charge is 2.35. The molecular weight excluding hydrogens is 228 g/mol. The Labute approximate surface area is 98.5 Å². The quantitative estimate of drug-likeness (QED) is 0.417. The number of hydrogen-bond acceptors (Lipinski definition) is 4. The van der Waals surface area contributed by atoms with Gasteiger partial charge in [-0.25, -0.2) is 0 Å². The maximum atomic E-state index is 11.7. The maximum absolute atomic E-state index is 11.7. The summed E-state index contributed by atoms with van der Waals surface area (Å²) in [4.78, 5) is 22.6. The molecule has 0 aromatic heterocycles. The number of ether oxygens (including phenoxy) is 2. The van der Waals surface area contributed by atoms with Crippen molar-refractivity contribution in [2.45, 2.75) is 18.9 Å². The predicted octanol–water partition coefficient (Wildman–Crippen LogP) is -0.229. The molecule has 2 aliphatic rings. The molecule has 0 amide bonds. The van der Waals surface area contributed by atoms with Crippen molar-refractivity contribution in [1.29, 1.82) is 0 Å². The van der Waals surface area contributed by atoms with Crippen molar-refractivity contribution in [3.05, 3.63) is 12.2 Å². The van der Waals surface area contributed by atoms with E-state index in [1.807, 2.05) is 0 Å². The molecule has 3 atom stereocenters. The third-order valence-electron chi connectivity index (χ3n) is 2.82. The second-order valence-corrected chi connectivity index (χ2v) is 4.06. The van der Waals surface area contributed by atoms with Gasteiger partial charge in [0.1, 0.15) is 12.7 Å². The Bertz CT molecular complexity index is 320. The van der Waals surface area contributed by atoms with E-state index in [0.717, 1.165) is 6.42 Å².